The molecule has 21 heavy (non-hydrogen) atoms. The largest absolute Gasteiger partial charge is 0.416 e. The predicted octanol–water partition coefficient (Wildman–Crippen LogP) is 4.40. The van der Waals surface area contributed by atoms with Crippen molar-refractivity contribution in [1.29, 1.82) is 0 Å². The topological polar surface area (TPSA) is 24.4 Å². The number of hydrogen-bond donors (Lipinski definition) is 1. The molecule has 0 amide bonds. The first kappa shape index (κ1) is 14.0. The summed E-state index contributed by atoms with van der Waals surface area (Å²) < 4.78 is 37.6. The maximum Gasteiger partial charge on any atom is 0.416 e. The van der Waals surface area contributed by atoms with Gasteiger partial charge in [0.1, 0.15) is 10.4 Å². The van der Waals surface area contributed by atoms with Gasteiger partial charge in [-0.3, -0.25) is 5.43 Å². The van der Waals surface area contributed by atoms with Gasteiger partial charge in [0, 0.05) is 5.56 Å². The van der Waals surface area contributed by atoms with Crippen LogP contribution in [0.1, 0.15) is 22.1 Å². The van der Waals surface area contributed by atoms with Gasteiger partial charge in [-0.1, -0.05) is 54.2 Å². The van der Waals surface area contributed by atoms with Crippen molar-refractivity contribution in [3.63, 3.8) is 0 Å². The van der Waals surface area contributed by atoms with Crippen molar-refractivity contribution < 1.29 is 13.2 Å². The van der Waals surface area contributed by atoms with E-state index < -0.39 is 11.7 Å². The zero-order chi connectivity index (χ0) is 14.9. The Hall–Kier alpha value is -1.95. The maximum absolute atomic E-state index is 12.5. The fourth-order valence-electron chi connectivity index (χ4n) is 1.98. The number of nitrogens with one attached hydrogen (secondary N) is 1. The Morgan fingerprint density at radius 3 is 2.24 bits per heavy atom. The first-order valence-corrected chi connectivity index (χ1v) is 7.14. The summed E-state index contributed by atoms with van der Waals surface area (Å²) in [4.78, 5) is 0. The highest BCUT2D eigenvalue weighted by molar-refractivity contribution is 8.14. The predicted molar refractivity (Wildman–Crippen MR) is 77.9 cm³/mol. The van der Waals surface area contributed by atoms with Crippen molar-refractivity contribution in [1.82, 2.24) is 5.43 Å². The van der Waals surface area contributed by atoms with Gasteiger partial charge in [-0.15, -0.1) is 0 Å². The number of halogens is 3. The number of hydrazone groups is 1. The SMILES string of the molecule is FC(F)(F)c1ccc([C@@H]2NN=C(c3ccccc3)S2)cc1. The summed E-state index contributed by atoms with van der Waals surface area (Å²) in [6, 6.07) is 14.8. The molecule has 0 saturated carbocycles. The van der Waals surface area contributed by atoms with Crippen molar-refractivity contribution in [2.24, 2.45) is 5.10 Å². The highest BCUT2D eigenvalue weighted by Gasteiger charge is 2.30. The van der Waals surface area contributed by atoms with Crippen molar-refractivity contribution in [3.05, 3.63) is 71.3 Å². The minimum absolute atomic E-state index is 0.164. The van der Waals surface area contributed by atoms with Gasteiger partial charge in [0.15, 0.2) is 0 Å². The van der Waals surface area contributed by atoms with E-state index >= 15 is 0 Å². The molecule has 0 spiro atoms. The van der Waals surface area contributed by atoms with E-state index in [1.807, 2.05) is 30.3 Å². The highest BCUT2D eigenvalue weighted by atomic mass is 32.2. The van der Waals surface area contributed by atoms with Gasteiger partial charge in [-0.25, -0.2) is 0 Å². The van der Waals surface area contributed by atoms with Gasteiger partial charge in [0.2, 0.25) is 0 Å². The molecular formula is C15H11F3N2S. The van der Waals surface area contributed by atoms with E-state index in [4.69, 9.17) is 0 Å². The van der Waals surface area contributed by atoms with E-state index in [2.05, 4.69) is 10.5 Å². The number of benzene rings is 2. The monoisotopic (exact) mass is 308 g/mol. The molecule has 3 rings (SSSR count). The molecular weight excluding hydrogens is 297 g/mol. The standard InChI is InChI=1S/C15H11F3N2S/c16-15(17,18)12-8-6-11(7-9-12)14-20-19-13(21-14)10-4-2-1-3-5-10/h1-9,14,20H/t14-/m1/s1. The van der Waals surface area contributed by atoms with E-state index in [-0.39, 0.29) is 5.37 Å². The number of alkyl halides is 3. The highest BCUT2D eigenvalue weighted by Crippen LogP contribution is 2.36. The third-order valence-electron chi connectivity index (χ3n) is 3.07. The fourth-order valence-corrected chi connectivity index (χ4v) is 2.98. The van der Waals surface area contributed by atoms with Gasteiger partial charge < -0.3 is 0 Å². The lowest BCUT2D eigenvalue weighted by Gasteiger charge is -2.11. The second-order valence-corrected chi connectivity index (χ2v) is 5.62. The van der Waals surface area contributed by atoms with Crippen molar-refractivity contribution >= 4 is 16.8 Å². The van der Waals surface area contributed by atoms with E-state index in [0.717, 1.165) is 28.3 Å². The second kappa shape index (κ2) is 5.44. The van der Waals surface area contributed by atoms with Gasteiger partial charge in [-0.05, 0) is 17.7 Å². The van der Waals surface area contributed by atoms with E-state index in [9.17, 15) is 13.2 Å². The average molecular weight is 308 g/mol. The third-order valence-corrected chi connectivity index (χ3v) is 4.24. The molecule has 1 N–H and O–H groups in total. The second-order valence-electron chi connectivity index (χ2n) is 4.53. The molecule has 1 heterocycles. The van der Waals surface area contributed by atoms with Crippen molar-refractivity contribution in [2.75, 3.05) is 0 Å². The summed E-state index contributed by atoms with van der Waals surface area (Å²) >= 11 is 1.49. The molecule has 1 atom stereocenters. The van der Waals surface area contributed by atoms with Crippen LogP contribution in [0.25, 0.3) is 0 Å². The van der Waals surface area contributed by atoms with Crippen LogP contribution < -0.4 is 5.43 Å². The molecule has 0 saturated heterocycles. The molecule has 0 fully saturated rings. The Kier molecular flexibility index (Phi) is 3.63. The fraction of sp³-hybridized carbons (Fsp3) is 0.133. The Labute approximate surface area is 124 Å². The molecule has 0 bridgehead atoms. The minimum Gasteiger partial charge on any atom is -0.291 e. The van der Waals surface area contributed by atoms with Gasteiger partial charge >= 0.3 is 6.18 Å². The quantitative estimate of drug-likeness (QED) is 0.889. The van der Waals surface area contributed by atoms with Gasteiger partial charge in [0.05, 0.1) is 5.56 Å². The first-order valence-electron chi connectivity index (χ1n) is 6.26. The molecule has 0 radical (unpaired) electrons. The number of rotatable bonds is 2. The summed E-state index contributed by atoms with van der Waals surface area (Å²) in [6.45, 7) is 0. The Bertz CT molecular complexity index is 651. The summed E-state index contributed by atoms with van der Waals surface area (Å²) in [7, 11) is 0. The Balaban J connectivity index is 1.73. The van der Waals surface area contributed by atoms with Crippen LogP contribution in [-0.4, -0.2) is 5.04 Å². The maximum atomic E-state index is 12.5. The third kappa shape index (κ3) is 3.05. The van der Waals surface area contributed by atoms with E-state index in [0.29, 0.717) is 0 Å². The summed E-state index contributed by atoms with van der Waals surface area (Å²) in [5, 5.41) is 4.91. The number of thioether (sulfide) groups is 1. The molecule has 1 aliphatic heterocycles. The van der Waals surface area contributed by atoms with Crippen LogP contribution in [0.4, 0.5) is 13.2 Å². The lowest BCUT2D eigenvalue weighted by atomic mass is 10.1. The van der Waals surface area contributed by atoms with Gasteiger partial charge in [-0.2, -0.15) is 18.3 Å². The average Bonchev–Trinajstić information content (AvgIpc) is 2.97. The smallest absolute Gasteiger partial charge is 0.291 e. The lowest BCUT2D eigenvalue weighted by Crippen LogP contribution is -2.08. The minimum atomic E-state index is -4.31. The van der Waals surface area contributed by atoms with Crippen LogP contribution in [-0.2, 0) is 6.18 Å². The van der Waals surface area contributed by atoms with Crippen LogP contribution in [0.3, 0.4) is 0 Å². The molecule has 1 aliphatic rings. The zero-order valence-electron chi connectivity index (χ0n) is 10.8. The molecule has 6 heteroatoms. The van der Waals surface area contributed by atoms with E-state index in [1.54, 1.807) is 0 Å². The number of hydrogen-bond acceptors (Lipinski definition) is 3. The van der Waals surface area contributed by atoms with Crippen LogP contribution in [0.5, 0.6) is 0 Å². The van der Waals surface area contributed by atoms with Crippen LogP contribution >= 0.6 is 11.8 Å². The Morgan fingerprint density at radius 1 is 0.952 bits per heavy atom. The molecule has 2 aromatic rings. The van der Waals surface area contributed by atoms with E-state index in [1.165, 1.54) is 23.9 Å². The van der Waals surface area contributed by atoms with Crippen LogP contribution in [0.15, 0.2) is 59.7 Å². The zero-order valence-corrected chi connectivity index (χ0v) is 11.6. The summed E-state index contributed by atoms with van der Waals surface area (Å²) in [6.07, 6.45) is -4.31. The van der Waals surface area contributed by atoms with Crippen molar-refractivity contribution in [2.45, 2.75) is 11.6 Å². The lowest BCUT2D eigenvalue weighted by molar-refractivity contribution is -0.137. The van der Waals surface area contributed by atoms with Gasteiger partial charge in [0.25, 0.3) is 0 Å². The summed E-state index contributed by atoms with van der Waals surface area (Å²) in [5.41, 5.74) is 4.07. The summed E-state index contributed by atoms with van der Waals surface area (Å²) in [5.74, 6) is 0. The van der Waals surface area contributed by atoms with Crippen LogP contribution in [0, 0.1) is 0 Å². The molecule has 2 nitrogen and oxygen atoms in total. The normalized spacial score (nSPS) is 18.2. The molecule has 0 unspecified atom stereocenters. The Morgan fingerprint density at radius 2 is 1.62 bits per heavy atom. The number of nitrogens with zero attached hydrogens (tertiary/aromatic N) is 1. The molecule has 108 valence electrons. The molecule has 0 aliphatic carbocycles. The molecule has 2 aromatic carbocycles. The first-order chi connectivity index (χ1) is 10.0. The molecule has 0 aromatic heterocycles. The van der Waals surface area contributed by atoms with Crippen molar-refractivity contribution in [3.8, 4) is 0 Å². The van der Waals surface area contributed by atoms with Crippen LogP contribution in [0.2, 0.25) is 0 Å².